The van der Waals surface area contributed by atoms with Crippen LogP contribution in [-0.2, 0) is 6.18 Å². The largest absolute Gasteiger partial charge is 0.457 e. The summed E-state index contributed by atoms with van der Waals surface area (Å²) in [5.74, 6) is -0.793. The fourth-order valence-corrected chi connectivity index (χ4v) is 2.45. The van der Waals surface area contributed by atoms with E-state index in [0.717, 1.165) is 18.2 Å². The maximum Gasteiger partial charge on any atom is 0.416 e. The second kappa shape index (κ2) is 7.67. The Hall–Kier alpha value is -3.42. The molecule has 0 aliphatic heterocycles. The predicted octanol–water partition coefficient (Wildman–Crippen LogP) is 5.59. The lowest BCUT2D eigenvalue weighted by Crippen LogP contribution is -2.14. The van der Waals surface area contributed by atoms with Gasteiger partial charge in [-0.15, -0.1) is 0 Å². The lowest BCUT2D eigenvalue weighted by Gasteiger charge is -2.11. The van der Waals surface area contributed by atoms with Crippen molar-refractivity contribution in [3.63, 3.8) is 0 Å². The number of alkyl halides is 3. The number of aromatic nitrogens is 1. The van der Waals surface area contributed by atoms with Gasteiger partial charge in [-0.2, -0.15) is 17.6 Å². The molecular formula is C20H14F4N2O2. The lowest BCUT2D eigenvalue weighted by atomic mass is 10.2. The van der Waals surface area contributed by atoms with Crippen LogP contribution in [0.4, 0.5) is 23.2 Å². The summed E-state index contributed by atoms with van der Waals surface area (Å²) in [5.41, 5.74) is 0.106. The Morgan fingerprint density at radius 2 is 1.71 bits per heavy atom. The molecule has 3 rings (SSSR count). The van der Waals surface area contributed by atoms with Crippen LogP contribution in [0.2, 0.25) is 0 Å². The van der Waals surface area contributed by atoms with Gasteiger partial charge in [0.05, 0.1) is 16.8 Å². The SMILES string of the molecule is Cc1nc(F)ccc1C(=O)Nc1ccc(Oc2cccc(C(F)(F)F)c2)cc1. The maximum absolute atomic E-state index is 13.0. The third kappa shape index (κ3) is 4.64. The van der Waals surface area contributed by atoms with Crippen molar-refractivity contribution in [2.45, 2.75) is 13.1 Å². The summed E-state index contributed by atoms with van der Waals surface area (Å²) in [7, 11) is 0. The molecule has 3 aromatic rings. The zero-order valence-electron chi connectivity index (χ0n) is 14.5. The summed E-state index contributed by atoms with van der Waals surface area (Å²) in [6.45, 7) is 1.52. The number of aryl methyl sites for hydroxylation is 1. The molecule has 0 aliphatic carbocycles. The third-order valence-corrected chi connectivity index (χ3v) is 3.81. The molecule has 0 saturated carbocycles. The Balaban J connectivity index is 1.69. The summed E-state index contributed by atoms with van der Waals surface area (Å²) in [6, 6.07) is 13.0. The smallest absolute Gasteiger partial charge is 0.416 e. The number of pyridine rings is 1. The Kier molecular flexibility index (Phi) is 5.30. The Labute approximate surface area is 157 Å². The molecule has 1 amide bonds. The van der Waals surface area contributed by atoms with E-state index in [2.05, 4.69) is 10.3 Å². The summed E-state index contributed by atoms with van der Waals surface area (Å²) in [4.78, 5) is 15.8. The number of rotatable bonds is 4. The van der Waals surface area contributed by atoms with Gasteiger partial charge in [0.25, 0.3) is 5.91 Å². The first-order valence-electron chi connectivity index (χ1n) is 8.12. The number of ether oxygens (including phenoxy) is 1. The second-order valence-corrected chi connectivity index (χ2v) is 5.87. The van der Waals surface area contributed by atoms with E-state index < -0.39 is 23.6 Å². The van der Waals surface area contributed by atoms with Crippen molar-refractivity contribution in [1.29, 1.82) is 0 Å². The number of amides is 1. The predicted molar refractivity (Wildman–Crippen MR) is 94.8 cm³/mol. The minimum atomic E-state index is -4.46. The van der Waals surface area contributed by atoms with E-state index in [1.165, 1.54) is 49.4 Å². The second-order valence-electron chi connectivity index (χ2n) is 5.87. The number of hydrogen-bond donors (Lipinski definition) is 1. The molecule has 0 saturated heterocycles. The van der Waals surface area contributed by atoms with E-state index in [0.29, 0.717) is 11.4 Å². The minimum absolute atomic E-state index is 0.0413. The van der Waals surface area contributed by atoms with Crippen LogP contribution < -0.4 is 10.1 Å². The van der Waals surface area contributed by atoms with Crippen LogP contribution in [0.3, 0.4) is 0 Å². The number of hydrogen-bond acceptors (Lipinski definition) is 3. The summed E-state index contributed by atoms with van der Waals surface area (Å²) < 4.78 is 56.7. The fourth-order valence-electron chi connectivity index (χ4n) is 2.45. The van der Waals surface area contributed by atoms with Crippen molar-refractivity contribution in [2.75, 3.05) is 5.32 Å². The van der Waals surface area contributed by atoms with Gasteiger partial charge in [-0.3, -0.25) is 4.79 Å². The summed E-state index contributed by atoms with van der Waals surface area (Å²) >= 11 is 0. The molecule has 144 valence electrons. The van der Waals surface area contributed by atoms with E-state index in [1.54, 1.807) is 0 Å². The summed E-state index contributed by atoms with van der Waals surface area (Å²) in [6.07, 6.45) is -4.46. The molecule has 8 heteroatoms. The number of carbonyl (C=O) groups excluding carboxylic acids is 1. The monoisotopic (exact) mass is 390 g/mol. The normalized spacial score (nSPS) is 11.2. The fraction of sp³-hybridized carbons (Fsp3) is 0.100. The van der Waals surface area contributed by atoms with Crippen LogP contribution >= 0.6 is 0 Å². The standard InChI is InChI=1S/C20H14F4N2O2/c1-12-17(9-10-18(21)25-12)19(27)26-14-5-7-15(8-6-14)28-16-4-2-3-13(11-16)20(22,23)24/h2-11H,1H3,(H,26,27). The highest BCUT2D eigenvalue weighted by molar-refractivity contribution is 6.04. The number of nitrogens with one attached hydrogen (secondary N) is 1. The molecule has 0 aliphatic rings. The van der Waals surface area contributed by atoms with Gasteiger partial charge in [0, 0.05) is 5.69 Å². The van der Waals surface area contributed by atoms with Crippen LogP contribution in [0.25, 0.3) is 0 Å². The average molecular weight is 390 g/mol. The number of benzene rings is 2. The molecule has 28 heavy (non-hydrogen) atoms. The van der Waals surface area contributed by atoms with Crippen LogP contribution in [0.1, 0.15) is 21.6 Å². The maximum atomic E-state index is 13.0. The topological polar surface area (TPSA) is 51.2 Å². The Morgan fingerprint density at radius 1 is 1.00 bits per heavy atom. The van der Waals surface area contributed by atoms with Crippen LogP contribution in [0, 0.1) is 12.9 Å². The molecule has 4 nitrogen and oxygen atoms in total. The Morgan fingerprint density at radius 3 is 2.36 bits per heavy atom. The van der Waals surface area contributed by atoms with Gasteiger partial charge < -0.3 is 10.1 Å². The molecule has 0 bridgehead atoms. The summed E-state index contributed by atoms with van der Waals surface area (Å²) in [5, 5.41) is 2.63. The molecule has 1 N–H and O–H groups in total. The molecule has 0 fully saturated rings. The van der Waals surface area contributed by atoms with Gasteiger partial charge in [-0.1, -0.05) is 6.07 Å². The van der Waals surface area contributed by atoms with Gasteiger partial charge in [0.15, 0.2) is 0 Å². The zero-order chi connectivity index (χ0) is 20.3. The van der Waals surface area contributed by atoms with Gasteiger partial charge in [0.2, 0.25) is 5.95 Å². The van der Waals surface area contributed by atoms with Crippen molar-refractivity contribution >= 4 is 11.6 Å². The van der Waals surface area contributed by atoms with Crippen molar-refractivity contribution in [3.05, 3.63) is 83.4 Å². The van der Waals surface area contributed by atoms with Gasteiger partial charge in [-0.25, -0.2) is 4.98 Å². The molecule has 1 aromatic heterocycles. The highest BCUT2D eigenvalue weighted by atomic mass is 19.4. The highest BCUT2D eigenvalue weighted by Crippen LogP contribution is 2.32. The van der Waals surface area contributed by atoms with E-state index in [1.807, 2.05) is 0 Å². The number of nitrogens with zero attached hydrogens (tertiary/aromatic N) is 1. The first-order valence-corrected chi connectivity index (χ1v) is 8.12. The van der Waals surface area contributed by atoms with E-state index in [4.69, 9.17) is 4.74 Å². The quantitative estimate of drug-likeness (QED) is 0.467. The molecule has 0 radical (unpaired) electrons. The van der Waals surface area contributed by atoms with Crippen molar-refractivity contribution in [3.8, 4) is 11.5 Å². The van der Waals surface area contributed by atoms with Gasteiger partial charge in [0.1, 0.15) is 11.5 Å². The van der Waals surface area contributed by atoms with Crippen molar-refractivity contribution < 1.29 is 27.1 Å². The van der Waals surface area contributed by atoms with Gasteiger partial charge >= 0.3 is 6.18 Å². The van der Waals surface area contributed by atoms with Crippen molar-refractivity contribution in [1.82, 2.24) is 4.98 Å². The highest BCUT2D eigenvalue weighted by Gasteiger charge is 2.30. The van der Waals surface area contributed by atoms with Crippen LogP contribution in [-0.4, -0.2) is 10.9 Å². The van der Waals surface area contributed by atoms with E-state index in [-0.39, 0.29) is 17.0 Å². The molecule has 0 atom stereocenters. The molecule has 2 aromatic carbocycles. The number of halogens is 4. The van der Waals surface area contributed by atoms with Crippen LogP contribution in [0.5, 0.6) is 11.5 Å². The molecule has 0 spiro atoms. The third-order valence-electron chi connectivity index (χ3n) is 3.81. The molecular weight excluding hydrogens is 376 g/mol. The minimum Gasteiger partial charge on any atom is -0.457 e. The van der Waals surface area contributed by atoms with Gasteiger partial charge in [-0.05, 0) is 61.5 Å². The van der Waals surface area contributed by atoms with Crippen LogP contribution in [0.15, 0.2) is 60.7 Å². The van der Waals surface area contributed by atoms with E-state index >= 15 is 0 Å². The Bertz CT molecular complexity index is 1000. The van der Waals surface area contributed by atoms with Crippen molar-refractivity contribution in [2.24, 2.45) is 0 Å². The van der Waals surface area contributed by atoms with E-state index in [9.17, 15) is 22.4 Å². The average Bonchev–Trinajstić information content (AvgIpc) is 2.63. The number of anilines is 1. The first-order chi connectivity index (χ1) is 13.2. The zero-order valence-corrected chi connectivity index (χ0v) is 14.5. The first kappa shape index (κ1) is 19.3. The molecule has 1 heterocycles. The number of carbonyl (C=O) groups is 1. The lowest BCUT2D eigenvalue weighted by molar-refractivity contribution is -0.137. The molecule has 0 unspecified atom stereocenters.